The molecule has 3 heteroatoms. The van der Waals surface area contributed by atoms with E-state index in [-0.39, 0.29) is 5.97 Å². The van der Waals surface area contributed by atoms with Crippen molar-refractivity contribution >= 4 is 35.5 Å². The number of hydrogen-bond donors (Lipinski definition) is 0. The van der Waals surface area contributed by atoms with Gasteiger partial charge in [0, 0.05) is 0 Å². The summed E-state index contributed by atoms with van der Waals surface area (Å²) in [5, 5.41) is 0. The molecule has 0 bridgehead atoms. The fourth-order valence-electron chi connectivity index (χ4n) is 3.26. The van der Waals surface area contributed by atoms with Gasteiger partial charge in [-0.1, -0.05) is 0 Å². The molecule has 0 aliphatic carbocycles. The van der Waals surface area contributed by atoms with E-state index in [1.807, 2.05) is 0 Å². The molecule has 0 radical (unpaired) electrons. The van der Waals surface area contributed by atoms with E-state index in [2.05, 4.69) is 93.6 Å². The van der Waals surface area contributed by atoms with Crippen LogP contribution in [0.2, 0.25) is 0 Å². The fraction of sp³-hybridized carbons (Fsp3) is 0.174. The van der Waals surface area contributed by atoms with Crippen molar-refractivity contribution in [3.8, 4) is 0 Å². The Morgan fingerprint density at radius 1 is 0.615 bits per heavy atom. The second kappa shape index (κ2) is 7.66. The third-order valence-electron chi connectivity index (χ3n) is 4.67. The van der Waals surface area contributed by atoms with Crippen molar-refractivity contribution in [1.29, 1.82) is 0 Å². The number of benzene rings is 3. The first-order valence-electron chi connectivity index (χ1n) is 8.83. The molecule has 0 saturated carbocycles. The van der Waals surface area contributed by atoms with Gasteiger partial charge >= 0.3 is 161 Å². The van der Waals surface area contributed by atoms with Gasteiger partial charge in [0.15, 0.2) is 0 Å². The Morgan fingerprint density at radius 2 is 0.885 bits per heavy atom. The standard InChI is InChI=1S/3C7H7.C2H4O2.Sn/c3*1-7-5-3-2-4-6-7;1-2(3)4;/h3*3-6H,1H3;1H3,(H,3,4);/q;;;;+1/p-1. The van der Waals surface area contributed by atoms with Crippen molar-refractivity contribution in [3.05, 3.63) is 89.5 Å². The van der Waals surface area contributed by atoms with Crippen molar-refractivity contribution in [1.82, 2.24) is 0 Å². The zero-order valence-electron chi connectivity index (χ0n) is 15.7. The van der Waals surface area contributed by atoms with Crippen molar-refractivity contribution < 1.29 is 7.87 Å². The summed E-state index contributed by atoms with van der Waals surface area (Å²) in [7, 11) is 0. The second-order valence-electron chi connectivity index (χ2n) is 6.87. The normalized spacial score (nSPS) is 11.2. The van der Waals surface area contributed by atoms with Gasteiger partial charge in [-0.2, -0.15) is 0 Å². The van der Waals surface area contributed by atoms with E-state index >= 15 is 0 Å². The molecular weight excluding hydrogens is 427 g/mol. The minimum atomic E-state index is -3.90. The maximum atomic E-state index is 12.2. The van der Waals surface area contributed by atoms with E-state index in [1.54, 1.807) is 0 Å². The van der Waals surface area contributed by atoms with Crippen molar-refractivity contribution in [2.45, 2.75) is 27.7 Å². The van der Waals surface area contributed by atoms with Crippen LogP contribution in [0.25, 0.3) is 0 Å². The summed E-state index contributed by atoms with van der Waals surface area (Å²) < 4.78 is 9.73. The summed E-state index contributed by atoms with van der Waals surface area (Å²) in [5.74, 6) is -0.220. The van der Waals surface area contributed by atoms with Crippen LogP contribution in [0.3, 0.4) is 0 Å². The monoisotopic (exact) mass is 452 g/mol. The molecule has 0 heterocycles. The molecule has 3 aromatic carbocycles. The van der Waals surface area contributed by atoms with Crippen LogP contribution >= 0.6 is 0 Å². The van der Waals surface area contributed by atoms with Crippen LogP contribution in [0.15, 0.2) is 72.8 Å². The zero-order chi connectivity index (χ0) is 18.7. The zero-order valence-corrected chi connectivity index (χ0v) is 18.6. The molecular formula is C23H24O2Sn. The van der Waals surface area contributed by atoms with E-state index < -0.39 is 18.8 Å². The first-order chi connectivity index (χ1) is 12.4. The van der Waals surface area contributed by atoms with Crippen LogP contribution < -0.4 is 10.7 Å². The molecule has 3 aromatic rings. The molecule has 0 aliphatic heterocycles. The van der Waals surface area contributed by atoms with Gasteiger partial charge in [-0.15, -0.1) is 0 Å². The summed E-state index contributed by atoms with van der Waals surface area (Å²) in [4.78, 5) is 12.2. The molecule has 0 unspecified atom stereocenters. The van der Waals surface area contributed by atoms with Crippen LogP contribution in [-0.2, 0) is 7.87 Å². The van der Waals surface area contributed by atoms with Crippen molar-refractivity contribution in [3.63, 3.8) is 0 Å². The Hall–Kier alpha value is -2.07. The number of carbonyl (C=O) groups is 1. The summed E-state index contributed by atoms with van der Waals surface area (Å²) in [6.45, 7) is 7.74. The summed E-state index contributed by atoms with van der Waals surface area (Å²) in [5.41, 5.74) is 3.60. The fourth-order valence-corrected chi connectivity index (χ4v) is 13.8. The van der Waals surface area contributed by atoms with E-state index in [0.29, 0.717) is 0 Å². The Morgan fingerprint density at radius 3 is 1.12 bits per heavy atom. The van der Waals surface area contributed by atoms with Crippen LogP contribution in [0.4, 0.5) is 0 Å². The maximum absolute atomic E-state index is 12.2. The Labute approximate surface area is 160 Å². The third kappa shape index (κ3) is 3.70. The first kappa shape index (κ1) is 18.7. The first-order valence-corrected chi connectivity index (χ1v) is 14.3. The number of rotatable bonds is 4. The van der Waals surface area contributed by atoms with Gasteiger partial charge in [-0.05, 0) is 0 Å². The number of carbonyl (C=O) groups excluding carboxylic acids is 1. The molecule has 0 spiro atoms. The molecule has 0 N–H and O–H groups in total. The van der Waals surface area contributed by atoms with Crippen LogP contribution in [-0.4, -0.2) is 24.8 Å². The predicted molar refractivity (Wildman–Crippen MR) is 110 cm³/mol. The van der Waals surface area contributed by atoms with Gasteiger partial charge in [0.05, 0.1) is 0 Å². The topological polar surface area (TPSA) is 26.3 Å². The van der Waals surface area contributed by atoms with E-state index in [0.717, 1.165) is 10.7 Å². The average molecular weight is 451 g/mol. The number of aryl methyl sites for hydroxylation is 3. The summed E-state index contributed by atoms with van der Waals surface area (Å²) >= 11 is -3.90. The van der Waals surface area contributed by atoms with Gasteiger partial charge in [-0.25, -0.2) is 0 Å². The molecule has 0 aromatic heterocycles. The predicted octanol–water partition coefficient (Wildman–Crippen LogP) is 3.14. The third-order valence-corrected chi connectivity index (χ3v) is 16.2. The van der Waals surface area contributed by atoms with Crippen LogP contribution in [0.1, 0.15) is 23.6 Å². The van der Waals surface area contributed by atoms with Gasteiger partial charge in [-0.3, -0.25) is 0 Å². The summed E-state index contributed by atoms with van der Waals surface area (Å²) in [6.07, 6.45) is 0. The number of hydrogen-bond acceptors (Lipinski definition) is 2. The van der Waals surface area contributed by atoms with Crippen molar-refractivity contribution in [2.75, 3.05) is 0 Å². The molecule has 0 aliphatic rings. The minimum absolute atomic E-state index is 0.220. The molecule has 26 heavy (non-hydrogen) atoms. The quantitative estimate of drug-likeness (QED) is 0.571. The molecule has 0 saturated heterocycles. The Kier molecular flexibility index (Phi) is 5.52. The van der Waals surface area contributed by atoms with Crippen LogP contribution in [0.5, 0.6) is 0 Å². The molecule has 0 fully saturated rings. The second-order valence-corrected chi connectivity index (χ2v) is 16.3. The molecule has 0 amide bonds. The molecule has 2 nitrogen and oxygen atoms in total. The van der Waals surface area contributed by atoms with Crippen molar-refractivity contribution in [2.24, 2.45) is 0 Å². The SMILES string of the molecule is CC(=O)[O][Sn]([c]1ccc(C)cc1)([c]1ccc(C)cc1)[c]1ccc(C)cc1. The Balaban J connectivity index is 2.33. The van der Waals surface area contributed by atoms with Crippen LogP contribution in [0, 0.1) is 20.8 Å². The van der Waals surface area contributed by atoms with Gasteiger partial charge in [0.25, 0.3) is 0 Å². The molecule has 132 valence electrons. The van der Waals surface area contributed by atoms with Gasteiger partial charge in [0.1, 0.15) is 0 Å². The molecule has 0 atom stereocenters. The van der Waals surface area contributed by atoms with Gasteiger partial charge in [0.2, 0.25) is 0 Å². The van der Waals surface area contributed by atoms with Gasteiger partial charge < -0.3 is 0 Å². The Bertz CT molecular complexity index is 784. The molecule has 3 rings (SSSR count). The van der Waals surface area contributed by atoms with E-state index in [4.69, 9.17) is 3.07 Å². The van der Waals surface area contributed by atoms with E-state index in [9.17, 15) is 4.79 Å². The van der Waals surface area contributed by atoms with E-state index in [1.165, 1.54) is 23.6 Å². The summed E-state index contributed by atoms with van der Waals surface area (Å²) in [6, 6.07) is 25.4. The average Bonchev–Trinajstić information content (AvgIpc) is 2.62.